The molecular weight excluding hydrogens is 308 g/mol. The summed E-state index contributed by atoms with van der Waals surface area (Å²) in [6, 6.07) is 7.91. The van der Waals surface area contributed by atoms with Gasteiger partial charge in [0.15, 0.2) is 11.7 Å². The largest absolute Gasteiger partial charge is 0.480 e. The first-order valence-corrected chi connectivity index (χ1v) is 8.05. The Morgan fingerprint density at radius 3 is 2.58 bits per heavy atom. The molecule has 24 heavy (non-hydrogen) atoms. The van der Waals surface area contributed by atoms with E-state index in [0.717, 1.165) is 12.0 Å². The summed E-state index contributed by atoms with van der Waals surface area (Å²) < 4.78 is 5.67. The van der Waals surface area contributed by atoms with Crippen LogP contribution in [0.1, 0.15) is 37.1 Å². The van der Waals surface area contributed by atoms with Gasteiger partial charge in [-0.2, -0.15) is 0 Å². The Kier molecular flexibility index (Phi) is 4.38. The molecule has 0 bridgehead atoms. The lowest BCUT2D eigenvalue weighted by Crippen LogP contribution is -2.59. The van der Waals surface area contributed by atoms with E-state index in [4.69, 9.17) is 4.42 Å². The second-order valence-corrected chi connectivity index (χ2v) is 6.27. The van der Waals surface area contributed by atoms with Crippen LogP contribution in [0.2, 0.25) is 0 Å². The monoisotopic (exact) mass is 328 g/mol. The van der Waals surface area contributed by atoms with Crippen molar-refractivity contribution in [2.24, 2.45) is 0 Å². The van der Waals surface area contributed by atoms with E-state index in [0.29, 0.717) is 30.9 Å². The Labute approximate surface area is 139 Å². The lowest BCUT2D eigenvalue weighted by atomic mass is 9.76. The zero-order valence-electron chi connectivity index (χ0n) is 13.5. The van der Waals surface area contributed by atoms with Gasteiger partial charge in [0.05, 0.1) is 6.20 Å². The summed E-state index contributed by atoms with van der Waals surface area (Å²) in [4.78, 5) is 27.4. The average molecular weight is 328 g/mol. The maximum Gasteiger partial charge on any atom is 0.329 e. The fourth-order valence-corrected chi connectivity index (χ4v) is 2.75. The second kappa shape index (κ2) is 6.47. The highest BCUT2D eigenvalue weighted by Gasteiger charge is 2.45. The van der Waals surface area contributed by atoms with E-state index >= 15 is 0 Å². The molecule has 1 amide bonds. The van der Waals surface area contributed by atoms with E-state index in [1.54, 1.807) is 6.20 Å². The van der Waals surface area contributed by atoms with Gasteiger partial charge >= 0.3 is 5.97 Å². The lowest BCUT2D eigenvalue weighted by Gasteiger charge is -2.38. The molecule has 0 saturated heterocycles. The summed E-state index contributed by atoms with van der Waals surface area (Å²) in [6.45, 7) is 2.01. The van der Waals surface area contributed by atoms with Crippen LogP contribution in [0.15, 0.2) is 34.9 Å². The molecule has 0 spiro atoms. The number of nitrogens with one attached hydrogen (secondary N) is 1. The third-order valence-corrected chi connectivity index (χ3v) is 4.45. The first-order chi connectivity index (χ1) is 11.5. The van der Waals surface area contributed by atoms with Gasteiger partial charge in [0.1, 0.15) is 5.54 Å². The molecule has 126 valence electrons. The van der Waals surface area contributed by atoms with Crippen LogP contribution in [-0.2, 0) is 16.0 Å². The highest BCUT2D eigenvalue weighted by Crippen LogP contribution is 2.32. The topological polar surface area (TPSA) is 92.4 Å². The Balaban J connectivity index is 1.56. The Morgan fingerprint density at radius 1 is 1.29 bits per heavy atom. The molecule has 1 fully saturated rings. The van der Waals surface area contributed by atoms with E-state index in [-0.39, 0.29) is 12.3 Å². The number of hydrogen-bond donors (Lipinski definition) is 2. The minimum atomic E-state index is -1.07. The zero-order chi connectivity index (χ0) is 17.2. The van der Waals surface area contributed by atoms with Gasteiger partial charge in [0.2, 0.25) is 5.91 Å². The fraction of sp³-hybridized carbons (Fsp3) is 0.389. The van der Waals surface area contributed by atoms with Crippen molar-refractivity contribution < 1.29 is 19.1 Å². The summed E-state index contributed by atoms with van der Waals surface area (Å²) in [6.07, 6.45) is 3.94. The average Bonchev–Trinajstić information content (AvgIpc) is 2.98. The van der Waals surface area contributed by atoms with Gasteiger partial charge in [-0.3, -0.25) is 4.79 Å². The van der Waals surface area contributed by atoms with Crippen LogP contribution >= 0.6 is 0 Å². The van der Waals surface area contributed by atoms with Crippen LogP contribution in [-0.4, -0.2) is 27.5 Å². The number of carboxylic acid groups (broad SMARTS) is 1. The molecule has 1 aromatic carbocycles. The van der Waals surface area contributed by atoms with Crippen molar-refractivity contribution in [3.63, 3.8) is 0 Å². The number of benzene rings is 1. The third-order valence-electron chi connectivity index (χ3n) is 4.45. The number of rotatable bonds is 6. The number of hydrogen-bond acceptors (Lipinski definition) is 4. The van der Waals surface area contributed by atoms with Gasteiger partial charge in [-0.15, -0.1) is 0 Å². The molecule has 1 heterocycles. The normalized spacial score (nSPS) is 15.5. The van der Waals surface area contributed by atoms with Crippen LogP contribution in [0.4, 0.5) is 0 Å². The van der Waals surface area contributed by atoms with Crippen molar-refractivity contribution in [2.75, 3.05) is 0 Å². The minimum Gasteiger partial charge on any atom is -0.480 e. The maximum absolute atomic E-state index is 12.0. The van der Waals surface area contributed by atoms with Crippen molar-refractivity contribution in [2.45, 2.75) is 44.6 Å². The van der Waals surface area contributed by atoms with Crippen molar-refractivity contribution in [1.29, 1.82) is 0 Å². The third kappa shape index (κ3) is 3.32. The molecule has 2 aromatic rings. The Hall–Kier alpha value is -2.63. The SMILES string of the molecule is Cc1ccc(-c2cnc(CCC(=O)NC3(C(=O)O)CCC3)o2)cc1. The highest BCUT2D eigenvalue weighted by atomic mass is 16.4. The van der Waals surface area contributed by atoms with Crippen LogP contribution in [0.25, 0.3) is 11.3 Å². The smallest absolute Gasteiger partial charge is 0.329 e. The van der Waals surface area contributed by atoms with Gasteiger partial charge in [0, 0.05) is 18.4 Å². The number of aryl methyl sites for hydroxylation is 2. The molecule has 0 radical (unpaired) electrons. The van der Waals surface area contributed by atoms with Gasteiger partial charge < -0.3 is 14.8 Å². The fourth-order valence-electron chi connectivity index (χ4n) is 2.75. The van der Waals surface area contributed by atoms with Gasteiger partial charge in [-0.1, -0.05) is 29.8 Å². The number of aromatic nitrogens is 1. The zero-order valence-corrected chi connectivity index (χ0v) is 13.5. The molecule has 1 aliphatic carbocycles. The highest BCUT2D eigenvalue weighted by molar-refractivity contribution is 5.87. The summed E-state index contributed by atoms with van der Waals surface area (Å²) in [5.74, 6) is -0.114. The van der Waals surface area contributed by atoms with Gasteiger partial charge in [0.25, 0.3) is 0 Å². The predicted octanol–water partition coefficient (Wildman–Crippen LogP) is 2.71. The minimum absolute atomic E-state index is 0.156. The Morgan fingerprint density at radius 2 is 2.00 bits per heavy atom. The number of aliphatic carboxylic acids is 1. The van der Waals surface area contributed by atoms with Crippen molar-refractivity contribution >= 4 is 11.9 Å². The van der Waals surface area contributed by atoms with Gasteiger partial charge in [-0.25, -0.2) is 9.78 Å². The summed E-state index contributed by atoms with van der Waals surface area (Å²) >= 11 is 0. The molecular formula is C18H20N2O4. The molecule has 0 unspecified atom stereocenters. The molecule has 6 nitrogen and oxygen atoms in total. The molecule has 3 rings (SSSR count). The van der Waals surface area contributed by atoms with E-state index in [1.807, 2.05) is 31.2 Å². The van der Waals surface area contributed by atoms with Crippen LogP contribution < -0.4 is 5.32 Å². The second-order valence-electron chi connectivity index (χ2n) is 6.27. The number of carbonyl (C=O) groups is 2. The van der Waals surface area contributed by atoms with Crippen molar-refractivity contribution in [1.82, 2.24) is 10.3 Å². The Bertz CT molecular complexity index is 745. The van der Waals surface area contributed by atoms with E-state index in [2.05, 4.69) is 10.3 Å². The summed E-state index contributed by atoms with van der Waals surface area (Å²) in [5.41, 5.74) is 1.03. The molecule has 6 heteroatoms. The number of amides is 1. The molecule has 1 aliphatic rings. The molecule has 2 N–H and O–H groups in total. The predicted molar refractivity (Wildman–Crippen MR) is 87.4 cm³/mol. The standard InChI is InChI=1S/C18H20N2O4/c1-12-3-5-13(6-4-12)14-11-19-16(24-14)8-7-15(21)20-18(17(22)23)9-2-10-18/h3-6,11H,2,7-10H2,1H3,(H,20,21)(H,22,23). The molecule has 0 atom stereocenters. The van der Waals surface area contributed by atoms with Crippen molar-refractivity contribution in [3.05, 3.63) is 41.9 Å². The van der Waals surface area contributed by atoms with Crippen LogP contribution in [0.5, 0.6) is 0 Å². The van der Waals surface area contributed by atoms with E-state index in [1.165, 1.54) is 5.56 Å². The van der Waals surface area contributed by atoms with Crippen LogP contribution in [0, 0.1) is 6.92 Å². The van der Waals surface area contributed by atoms with E-state index < -0.39 is 11.5 Å². The lowest BCUT2D eigenvalue weighted by molar-refractivity contribution is -0.151. The van der Waals surface area contributed by atoms with Crippen LogP contribution in [0.3, 0.4) is 0 Å². The number of carboxylic acids is 1. The molecule has 0 aliphatic heterocycles. The summed E-state index contributed by atoms with van der Waals surface area (Å²) in [7, 11) is 0. The quantitative estimate of drug-likeness (QED) is 0.850. The van der Waals surface area contributed by atoms with Gasteiger partial charge in [-0.05, 0) is 26.2 Å². The molecule has 1 saturated carbocycles. The number of oxazole rings is 1. The molecule has 1 aromatic heterocycles. The van der Waals surface area contributed by atoms with Crippen molar-refractivity contribution in [3.8, 4) is 11.3 Å². The van der Waals surface area contributed by atoms with E-state index in [9.17, 15) is 14.7 Å². The maximum atomic E-state index is 12.0. The number of nitrogens with zero attached hydrogens (tertiary/aromatic N) is 1. The first kappa shape index (κ1) is 16.2. The number of carbonyl (C=O) groups excluding carboxylic acids is 1. The summed E-state index contributed by atoms with van der Waals surface area (Å²) in [5, 5.41) is 11.9. The first-order valence-electron chi connectivity index (χ1n) is 8.05.